The predicted octanol–water partition coefficient (Wildman–Crippen LogP) is 2.57. The summed E-state index contributed by atoms with van der Waals surface area (Å²) in [7, 11) is 0. The van der Waals surface area contributed by atoms with Crippen LogP contribution in [0, 0.1) is 16.7 Å². The third kappa shape index (κ3) is 2.95. The van der Waals surface area contributed by atoms with Crippen molar-refractivity contribution in [3.8, 4) is 0 Å². The molecule has 0 saturated heterocycles. The Labute approximate surface area is 142 Å². The molecule has 0 bridgehead atoms. The molecule has 6 nitrogen and oxygen atoms in total. The van der Waals surface area contributed by atoms with E-state index in [1.165, 1.54) is 6.20 Å². The quantitative estimate of drug-likeness (QED) is 0.459. The smallest absolute Gasteiger partial charge is 0.129 e. The molecule has 6 N–H and O–H groups in total. The monoisotopic (exact) mass is 325 g/mol. The van der Waals surface area contributed by atoms with Crippen LogP contribution in [0.25, 0.3) is 0 Å². The SMILES string of the molecule is C=C(OCC)C1=C(CC)N=C(N)/C(=C\N)C1C1=CC=CC(=N)C1=N. The number of nitrogens with zero attached hydrogens (tertiary/aromatic N) is 1. The van der Waals surface area contributed by atoms with Gasteiger partial charge in [0.05, 0.1) is 23.7 Å². The summed E-state index contributed by atoms with van der Waals surface area (Å²) in [5, 5.41) is 16.2. The van der Waals surface area contributed by atoms with Gasteiger partial charge in [-0.15, -0.1) is 0 Å². The summed E-state index contributed by atoms with van der Waals surface area (Å²) >= 11 is 0. The molecule has 0 fully saturated rings. The van der Waals surface area contributed by atoms with Gasteiger partial charge in [-0.25, -0.2) is 4.99 Å². The average molecular weight is 325 g/mol. The van der Waals surface area contributed by atoms with Crippen molar-refractivity contribution in [2.75, 3.05) is 6.61 Å². The van der Waals surface area contributed by atoms with E-state index < -0.39 is 5.92 Å². The number of nitrogens with two attached hydrogens (primary N) is 2. The normalized spacial score (nSPS) is 22.6. The number of ether oxygens (including phenoxy) is 1. The Morgan fingerprint density at radius 3 is 2.71 bits per heavy atom. The maximum atomic E-state index is 8.29. The van der Waals surface area contributed by atoms with Gasteiger partial charge in [0.1, 0.15) is 11.6 Å². The maximum Gasteiger partial charge on any atom is 0.129 e. The number of amidine groups is 1. The van der Waals surface area contributed by atoms with Crippen molar-refractivity contribution in [2.45, 2.75) is 20.3 Å². The highest BCUT2D eigenvalue weighted by atomic mass is 16.5. The molecule has 1 atom stereocenters. The van der Waals surface area contributed by atoms with Crippen LogP contribution >= 0.6 is 0 Å². The lowest BCUT2D eigenvalue weighted by Gasteiger charge is -2.32. The summed E-state index contributed by atoms with van der Waals surface area (Å²) in [4.78, 5) is 4.44. The van der Waals surface area contributed by atoms with Crippen LogP contribution < -0.4 is 11.5 Å². The molecule has 0 aromatic carbocycles. The summed E-state index contributed by atoms with van der Waals surface area (Å²) in [6, 6.07) is 0. The van der Waals surface area contributed by atoms with Crippen molar-refractivity contribution >= 4 is 17.3 Å². The summed E-state index contributed by atoms with van der Waals surface area (Å²) in [5.74, 6) is 0.395. The van der Waals surface area contributed by atoms with Crippen LogP contribution in [0.2, 0.25) is 0 Å². The fourth-order valence-electron chi connectivity index (χ4n) is 2.90. The van der Waals surface area contributed by atoms with Gasteiger partial charge in [0.15, 0.2) is 0 Å². The minimum absolute atomic E-state index is 0.133. The Balaban J connectivity index is 2.69. The van der Waals surface area contributed by atoms with E-state index in [1.807, 2.05) is 13.8 Å². The van der Waals surface area contributed by atoms with E-state index >= 15 is 0 Å². The van der Waals surface area contributed by atoms with Gasteiger partial charge in [0, 0.05) is 23.3 Å². The van der Waals surface area contributed by atoms with Crippen LogP contribution in [0.15, 0.2) is 64.2 Å². The van der Waals surface area contributed by atoms with E-state index in [1.54, 1.807) is 18.2 Å². The number of allylic oxidation sites excluding steroid dienone is 6. The number of rotatable bonds is 5. The number of nitrogens with one attached hydrogen (secondary N) is 2. The van der Waals surface area contributed by atoms with Crippen LogP contribution in [0.1, 0.15) is 20.3 Å². The molecule has 126 valence electrons. The van der Waals surface area contributed by atoms with Gasteiger partial charge >= 0.3 is 0 Å². The Kier molecular flexibility index (Phi) is 5.18. The second kappa shape index (κ2) is 7.12. The van der Waals surface area contributed by atoms with E-state index in [0.717, 1.165) is 11.3 Å². The molecule has 24 heavy (non-hydrogen) atoms. The number of aliphatic imine (C=N–C) groups is 1. The van der Waals surface area contributed by atoms with Gasteiger partial charge in [-0.2, -0.15) is 0 Å². The first-order chi connectivity index (χ1) is 11.5. The second-order valence-electron chi connectivity index (χ2n) is 5.39. The van der Waals surface area contributed by atoms with E-state index in [9.17, 15) is 0 Å². The molecule has 1 unspecified atom stereocenters. The first-order valence-corrected chi connectivity index (χ1v) is 7.83. The molecule has 0 aromatic rings. The molecule has 1 aliphatic carbocycles. The van der Waals surface area contributed by atoms with Crippen molar-refractivity contribution in [2.24, 2.45) is 22.4 Å². The highest BCUT2D eigenvalue weighted by Gasteiger charge is 2.35. The zero-order valence-corrected chi connectivity index (χ0v) is 14.0. The molecular formula is C18H23N5O. The van der Waals surface area contributed by atoms with Crippen molar-refractivity contribution in [1.29, 1.82) is 10.8 Å². The number of hydrogen-bond acceptors (Lipinski definition) is 6. The lowest BCUT2D eigenvalue weighted by molar-refractivity contribution is 0.235. The molecule has 1 aliphatic heterocycles. The summed E-state index contributed by atoms with van der Waals surface area (Å²) in [6.07, 6.45) is 7.19. The fourth-order valence-corrected chi connectivity index (χ4v) is 2.90. The van der Waals surface area contributed by atoms with Crippen molar-refractivity contribution in [1.82, 2.24) is 0 Å². The molecule has 1 heterocycles. The summed E-state index contributed by atoms with van der Waals surface area (Å²) in [5.41, 5.74) is 14.9. The third-order valence-corrected chi connectivity index (χ3v) is 4.00. The van der Waals surface area contributed by atoms with Crippen molar-refractivity contribution in [3.05, 3.63) is 59.2 Å². The molecule has 6 heteroatoms. The van der Waals surface area contributed by atoms with E-state index in [0.29, 0.717) is 35.8 Å². The summed E-state index contributed by atoms with van der Waals surface area (Å²) < 4.78 is 5.62. The van der Waals surface area contributed by atoms with E-state index in [4.69, 9.17) is 27.0 Å². The molecule has 2 aliphatic rings. The van der Waals surface area contributed by atoms with Crippen molar-refractivity contribution < 1.29 is 4.74 Å². The van der Waals surface area contributed by atoms with Gasteiger partial charge in [-0.05, 0) is 25.0 Å². The summed E-state index contributed by atoms with van der Waals surface area (Å²) in [6.45, 7) is 8.35. The molecule has 2 rings (SSSR count). The van der Waals surface area contributed by atoms with E-state index in [-0.39, 0.29) is 11.4 Å². The first kappa shape index (κ1) is 17.5. The largest absolute Gasteiger partial charge is 0.494 e. The van der Waals surface area contributed by atoms with Gasteiger partial charge in [-0.3, -0.25) is 10.8 Å². The highest BCUT2D eigenvalue weighted by Crippen LogP contribution is 2.40. The van der Waals surface area contributed by atoms with Crippen LogP contribution in [0.4, 0.5) is 0 Å². The first-order valence-electron chi connectivity index (χ1n) is 7.83. The van der Waals surface area contributed by atoms with Gasteiger partial charge in [-0.1, -0.05) is 25.7 Å². The minimum atomic E-state index is -0.417. The molecule has 0 spiro atoms. The van der Waals surface area contributed by atoms with Crippen LogP contribution in [0.3, 0.4) is 0 Å². The van der Waals surface area contributed by atoms with Crippen LogP contribution in [-0.4, -0.2) is 23.9 Å². The Morgan fingerprint density at radius 1 is 1.42 bits per heavy atom. The number of hydrogen-bond donors (Lipinski definition) is 4. The predicted molar refractivity (Wildman–Crippen MR) is 98.1 cm³/mol. The standard InChI is InChI=1S/C18H23N5O/c1-4-14-15(10(3)24-5-2)16(12(9-19)18(22)23-14)11-7-6-8-13(20)17(11)21/h6-9,16,20-21H,3-5,19H2,1-2H3,(H2,22,23)/b12-9-,20-13?,21-17?. The van der Waals surface area contributed by atoms with Gasteiger partial charge in [0.2, 0.25) is 0 Å². The minimum Gasteiger partial charge on any atom is -0.494 e. The Morgan fingerprint density at radius 2 is 2.12 bits per heavy atom. The highest BCUT2D eigenvalue weighted by molar-refractivity contribution is 6.51. The van der Waals surface area contributed by atoms with Gasteiger partial charge in [0.25, 0.3) is 0 Å². The second-order valence-corrected chi connectivity index (χ2v) is 5.39. The van der Waals surface area contributed by atoms with Crippen LogP contribution in [0.5, 0.6) is 0 Å². The Hall–Kier alpha value is -2.89. The lowest BCUT2D eigenvalue weighted by atomic mass is 9.76. The third-order valence-electron chi connectivity index (χ3n) is 4.00. The van der Waals surface area contributed by atoms with Crippen LogP contribution in [-0.2, 0) is 4.74 Å². The molecular weight excluding hydrogens is 302 g/mol. The Bertz CT molecular complexity index is 749. The molecule has 0 amide bonds. The van der Waals surface area contributed by atoms with E-state index in [2.05, 4.69) is 11.6 Å². The van der Waals surface area contributed by atoms with Crippen molar-refractivity contribution in [3.63, 3.8) is 0 Å². The molecule has 0 radical (unpaired) electrons. The average Bonchev–Trinajstić information content (AvgIpc) is 2.56. The zero-order valence-electron chi connectivity index (χ0n) is 14.0. The maximum absolute atomic E-state index is 8.29. The molecule has 0 saturated carbocycles. The topological polar surface area (TPSA) is 121 Å². The fraction of sp³-hybridized carbons (Fsp3) is 0.278. The molecule has 0 aromatic heterocycles. The van der Waals surface area contributed by atoms with Gasteiger partial charge < -0.3 is 16.2 Å². The lowest BCUT2D eigenvalue weighted by Crippen LogP contribution is -2.33. The zero-order chi connectivity index (χ0) is 17.9.